The topological polar surface area (TPSA) is 48.0 Å². The molecule has 1 heterocycles. The maximum atomic E-state index is 10.8. The van der Waals surface area contributed by atoms with Crippen molar-refractivity contribution in [3.05, 3.63) is 29.3 Å². The number of Topliss-reactive ketones (excluding diaryl/α,β-unsaturated/α-hetero) is 1. The number of ether oxygens (including phenoxy) is 3. The molecule has 1 aromatic rings. The number of nitrogens with zero attached hydrogens (tertiary/aromatic N) is 1. The van der Waals surface area contributed by atoms with Gasteiger partial charge in [0.2, 0.25) is 0 Å². The predicted octanol–water partition coefficient (Wildman–Crippen LogP) is 4.67. The molecule has 5 heteroatoms. The van der Waals surface area contributed by atoms with Crippen LogP contribution in [-0.2, 0) is 27.4 Å². The van der Waals surface area contributed by atoms with Crippen molar-refractivity contribution in [2.75, 3.05) is 33.6 Å². The first-order chi connectivity index (χ1) is 12.6. The van der Waals surface area contributed by atoms with Gasteiger partial charge in [-0.3, -0.25) is 9.69 Å². The molecular formula is C21H39NO4. The summed E-state index contributed by atoms with van der Waals surface area (Å²) >= 11 is 0. The number of benzene rings is 1. The Morgan fingerprint density at radius 3 is 2.42 bits per heavy atom. The van der Waals surface area contributed by atoms with Crippen LogP contribution in [0.1, 0.15) is 59.6 Å². The highest BCUT2D eigenvalue weighted by atomic mass is 16.7. The molecule has 0 aliphatic carbocycles. The maximum absolute atomic E-state index is 10.8. The van der Waals surface area contributed by atoms with Gasteiger partial charge in [-0.15, -0.1) is 0 Å². The van der Waals surface area contributed by atoms with E-state index >= 15 is 0 Å². The van der Waals surface area contributed by atoms with Crippen molar-refractivity contribution < 1.29 is 19.0 Å². The summed E-state index contributed by atoms with van der Waals surface area (Å²) in [5.74, 6) is 0.969. The second kappa shape index (κ2) is 18.4. The van der Waals surface area contributed by atoms with Gasteiger partial charge >= 0.3 is 0 Å². The molecule has 0 fully saturated rings. The molecule has 1 aromatic carbocycles. The third kappa shape index (κ3) is 12.0. The van der Waals surface area contributed by atoms with Crippen LogP contribution in [0.4, 0.5) is 0 Å². The zero-order valence-electron chi connectivity index (χ0n) is 18.1. The van der Waals surface area contributed by atoms with Crippen molar-refractivity contribution in [2.45, 2.75) is 61.6 Å². The summed E-state index contributed by atoms with van der Waals surface area (Å²) in [6, 6.07) is 6.19. The summed E-state index contributed by atoms with van der Waals surface area (Å²) in [5.41, 5.74) is 2.28. The van der Waals surface area contributed by atoms with E-state index in [1.807, 2.05) is 54.7 Å². The van der Waals surface area contributed by atoms with Crippen LogP contribution >= 0.6 is 0 Å². The molecule has 26 heavy (non-hydrogen) atoms. The first-order valence-electron chi connectivity index (χ1n) is 9.73. The highest BCUT2D eigenvalue weighted by Crippen LogP contribution is 2.25. The minimum atomic E-state index is 0.0571. The lowest BCUT2D eigenvalue weighted by Gasteiger charge is -2.20. The van der Waals surface area contributed by atoms with Gasteiger partial charge in [-0.1, -0.05) is 53.7 Å². The van der Waals surface area contributed by atoms with Crippen molar-refractivity contribution in [3.63, 3.8) is 0 Å². The lowest BCUT2D eigenvalue weighted by Crippen LogP contribution is -2.23. The van der Waals surface area contributed by atoms with E-state index in [0.717, 1.165) is 24.4 Å². The van der Waals surface area contributed by atoms with Crippen molar-refractivity contribution in [1.29, 1.82) is 0 Å². The van der Waals surface area contributed by atoms with Gasteiger partial charge in [0.15, 0.2) is 12.6 Å². The Morgan fingerprint density at radius 2 is 1.81 bits per heavy atom. The van der Waals surface area contributed by atoms with Gasteiger partial charge in [-0.25, -0.2) is 0 Å². The second-order valence-corrected chi connectivity index (χ2v) is 5.05. The number of hydrogen-bond acceptors (Lipinski definition) is 5. The highest BCUT2D eigenvalue weighted by molar-refractivity contribution is 5.76. The lowest BCUT2D eigenvalue weighted by atomic mass is 10.1. The van der Waals surface area contributed by atoms with Crippen LogP contribution < -0.4 is 4.74 Å². The van der Waals surface area contributed by atoms with E-state index in [4.69, 9.17) is 14.2 Å². The van der Waals surface area contributed by atoms with Gasteiger partial charge in [0.25, 0.3) is 0 Å². The number of carbonyl (C=O) groups excluding carboxylic acids is 1. The smallest absolute Gasteiger partial charge is 0.189 e. The quantitative estimate of drug-likeness (QED) is 0.654. The van der Waals surface area contributed by atoms with E-state index in [1.165, 1.54) is 12.5 Å². The Kier molecular flexibility index (Phi) is 18.9. The summed E-state index contributed by atoms with van der Waals surface area (Å²) in [5, 5.41) is 0. The van der Waals surface area contributed by atoms with Crippen molar-refractivity contribution in [2.24, 2.45) is 0 Å². The molecule has 0 amide bonds. The van der Waals surface area contributed by atoms with Crippen LogP contribution in [0.15, 0.2) is 18.2 Å². The third-order valence-electron chi connectivity index (χ3n) is 3.06. The zero-order valence-corrected chi connectivity index (χ0v) is 18.1. The van der Waals surface area contributed by atoms with Crippen LogP contribution in [0.5, 0.6) is 5.75 Å². The molecule has 2 rings (SSSR count). The average molecular weight is 370 g/mol. The first-order valence-corrected chi connectivity index (χ1v) is 9.73. The highest BCUT2D eigenvalue weighted by Gasteiger charge is 2.11. The van der Waals surface area contributed by atoms with Crippen molar-refractivity contribution >= 4 is 5.78 Å². The molecule has 0 spiro atoms. The van der Waals surface area contributed by atoms with E-state index in [2.05, 4.69) is 17.0 Å². The van der Waals surface area contributed by atoms with Gasteiger partial charge in [-0.05, 0) is 25.6 Å². The molecule has 1 aliphatic rings. The summed E-state index contributed by atoms with van der Waals surface area (Å²) in [6.07, 6.45) is 0. The molecule has 152 valence electrons. The minimum Gasteiger partial charge on any atom is -0.467 e. The Balaban J connectivity index is 0. The Labute approximate surface area is 160 Å². The summed E-state index contributed by atoms with van der Waals surface area (Å²) in [7, 11) is 2.03. The summed E-state index contributed by atoms with van der Waals surface area (Å²) in [6.45, 7) is 16.8. The third-order valence-corrected chi connectivity index (χ3v) is 3.06. The first kappa shape index (κ1) is 26.8. The molecule has 0 aromatic heterocycles. The molecule has 5 nitrogen and oxygen atoms in total. The number of carbonyl (C=O) groups is 1. The summed E-state index contributed by atoms with van der Waals surface area (Å²) in [4.78, 5) is 12.9. The van der Waals surface area contributed by atoms with Crippen LogP contribution in [0.25, 0.3) is 0 Å². The Bertz CT molecular complexity index is 463. The lowest BCUT2D eigenvalue weighted by molar-refractivity contribution is -0.121. The molecule has 0 N–H and O–H groups in total. The van der Waals surface area contributed by atoms with E-state index in [1.54, 1.807) is 0 Å². The van der Waals surface area contributed by atoms with Gasteiger partial charge < -0.3 is 14.2 Å². The van der Waals surface area contributed by atoms with Crippen LogP contribution in [0, 0.1) is 0 Å². The van der Waals surface area contributed by atoms with Gasteiger partial charge in [0.05, 0.1) is 13.2 Å². The Morgan fingerprint density at radius 1 is 1.15 bits per heavy atom. The molecule has 0 atom stereocenters. The predicted molar refractivity (Wildman–Crippen MR) is 109 cm³/mol. The molecule has 1 aliphatic heterocycles. The largest absolute Gasteiger partial charge is 0.467 e. The molecular weight excluding hydrogens is 330 g/mol. The number of fused-ring (bicyclic) bond motifs is 1. The van der Waals surface area contributed by atoms with E-state index in [-0.39, 0.29) is 12.4 Å². The number of ketones is 1. The average Bonchev–Trinajstić information content (AvgIpc) is 2.70. The van der Waals surface area contributed by atoms with E-state index in [0.29, 0.717) is 20.0 Å². The number of likely N-dealkylation sites (N-methyl/N-ethyl adjacent to an activating group) is 1. The maximum Gasteiger partial charge on any atom is 0.189 e. The van der Waals surface area contributed by atoms with Crippen molar-refractivity contribution in [1.82, 2.24) is 4.90 Å². The van der Waals surface area contributed by atoms with Gasteiger partial charge in [0, 0.05) is 18.7 Å². The molecule has 0 saturated carbocycles. The van der Waals surface area contributed by atoms with Gasteiger partial charge in [-0.2, -0.15) is 0 Å². The second-order valence-electron chi connectivity index (χ2n) is 5.05. The zero-order chi connectivity index (χ0) is 20.4. The molecule has 0 saturated heterocycles. The van der Waals surface area contributed by atoms with E-state index in [9.17, 15) is 4.79 Å². The minimum absolute atomic E-state index is 0.0571. The standard InChI is InChI=1S/C15H21NO4.3C2H6/c1-12(17)9-18-6-5-16(2)8-13-3-4-14-10-19-11-20-15(14)7-13;3*1-2/h3-4,7H,5-6,8-11H2,1-2H3;3*1-2H3. The van der Waals surface area contributed by atoms with E-state index < -0.39 is 0 Å². The Hall–Kier alpha value is -1.43. The number of rotatable bonds is 7. The SMILES string of the molecule is CC.CC.CC.CC(=O)COCCN(C)Cc1ccc2c(c1)OCOC2. The van der Waals surface area contributed by atoms with Gasteiger partial charge in [0.1, 0.15) is 12.4 Å². The molecule has 0 bridgehead atoms. The monoisotopic (exact) mass is 369 g/mol. The fraction of sp³-hybridized carbons (Fsp3) is 0.667. The number of hydrogen-bond donors (Lipinski definition) is 0. The van der Waals surface area contributed by atoms with Crippen molar-refractivity contribution in [3.8, 4) is 5.75 Å². The molecule has 0 unspecified atom stereocenters. The van der Waals surface area contributed by atoms with Crippen LogP contribution in [0.3, 0.4) is 0 Å². The fourth-order valence-corrected chi connectivity index (χ4v) is 2.03. The fourth-order valence-electron chi connectivity index (χ4n) is 2.03. The summed E-state index contributed by atoms with van der Waals surface area (Å²) < 4.78 is 16.0. The van der Waals surface area contributed by atoms with Crippen LogP contribution in [-0.4, -0.2) is 44.3 Å². The molecule has 0 radical (unpaired) electrons. The van der Waals surface area contributed by atoms with Crippen LogP contribution in [0.2, 0.25) is 0 Å². The normalized spacial score (nSPS) is 11.4.